The highest BCUT2D eigenvalue weighted by Gasteiger charge is 2.31. The standard InChI is InChI=1S/C20H26N2O4S/c1-6-16-8-10-17(11-9-16)21-20(23)15(3)22(27(5,24)25)18-13-14(2)7-12-19(18)26-4/h7-13,15H,6H2,1-5H3,(H,21,23). The molecule has 27 heavy (non-hydrogen) atoms. The molecule has 0 aliphatic carbocycles. The van der Waals surface area contributed by atoms with Gasteiger partial charge in [0, 0.05) is 5.69 Å². The number of sulfonamides is 1. The number of aryl methyl sites for hydroxylation is 2. The molecule has 0 aliphatic rings. The highest BCUT2D eigenvalue weighted by Crippen LogP contribution is 2.32. The zero-order chi connectivity index (χ0) is 20.2. The van der Waals surface area contributed by atoms with Crippen molar-refractivity contribution >= 4 is 27.3 Å². The van der Waals surface area contributed by atoms with Crippen molar-refractivity contribution in [3.63, 3.8) is 0 Å². The largest absolute Gasteiger partial charge is 0.495 e. The summed E-state index contributed by atoms with van der Waals surface area (Å²) in [5.41, 5.74) is 2.98. The van der Waals surface area contributed by atoms with Crippen LogP contribution in [-0.4, -0.2) is 33.7 Å². The van der Waals surface area contributed by atoms with Crippen LogP contribution in [0.15, 0.2) is 42.5 Å². The number of ether oxygens (including phenoxy) is 1. The number of methoxy groups -OCH3 is 1. The molecule has 0 spiro atoms. The van der Waals surface area contributed by atoms with Crippen molar-refractivity contribution in [2.24, 2.45) is 0 Å². The lowest BCUT2D eigenvalue weighted by molar-refractivity contribution is -0.116. The molecule has 146 valence electrons. The minimum Gasteiger partial charge on any atom is -0.495 e. The molecule has 1 unspecified atom stereocenters. The number of hydrogen-bond acceptors (Lipinski definition) is 4. The van der Waals surface area contributed by atoms with E-state index in [9.17, 15) is 13.2 Å². The molecule has 6 nitrogen and oxygen atoms in total. The van der Waals surface area contributed by atoms with Crippen molar-refractivity contribution in [3.05, 3.63) is 53.6 Å². The first-order chi connectivity index (χ1) is 12.7. The normalized spacial score (nSPS) is 12.3. The van der Waals surface area contributed by atoms with E-state index in [4.69, 9.17) is 4.74 Å². The number of carbonyl (C=O) groups is 1. The summed E-state index contributed by atoms with van der Waals surface area (Å²) in [6.07, 6.45) is 1.98. The van der Waals surface area contributed by atoms with Crippen LogP contribution in [-0.2, 0) is 21.2 Å². The van der Waals surface area contributed by atoms with Gasteiger partial charge in [0.05, 0.1) is 19.1 Å². The van der Waals surface area contributed by atoms with Crippen molar-refractivity contribution in [1.29, 1.82) is 0 Å². The summed E-state index contributed by atoms with van der Waals surface area (Å²) in [5, 5.41) is 2.78. The first kappa shape index (κ1) is 20.8. The van der Waals surface area contributed by atoms with Gasteiger partial charge in [-0.2, -0.15) is 0 Å². The van der Waals surface area contributed by atoms with E-state index in [0.717, 1.165) is 28.1 Å². The van der Waals surface area contributed by atoms with Crippen LogP contribution < -0.4 is 14.4 Å². The first-order valence-electron chi connectivity index (χ1n) is 8.71. The summed E-state index contributed by atoms with van der Waals surface area (Å²) in [5.74, 6) is -0.0359. The van der Waals surface area contributed by atoms with Crippen LogP contribution in [0.3, 0.4) is 0 Å². The van der Waals surface area contributed by atoms with Gasteiger partial charge >= 0.3 is 0 Å². The van der Waals surface area contributed by atoms with Gasteiger partial charge in [0.25, 0.3) is 0 Å². The molecular formula is C20H26N2O4S. The molecule has 0 saturated heterocycles. The van der Waals surface area contributed by atoms with Gasteiger partial charge in [0.1, 0.15) is 11.8 Å². The molecule has 7 heteroatoms. The fraction of sp³-hybridized carbons (Fsp3) is 0.350. The third-order valence-corrected chi connectivity index (χ3v) is 5.52. The predicted octanol–water partition coefficient (Wildman–Crippen LogP) is 3.36. The lowest BCUT2D eigenvalue weighted by Crippen LogP contribution is -2.45. The fourth-order valence-corrected chi connectivity index (χ4v) is 3.99. The van der Waals surface area contributed by atoms with Crippen LogP contribution in [0, 0.1) is 6.92 Å². The molecule has 0 aromatic heterocycles. The first-order valence-corrected chi connectivity index (χ1v) is 10.6. The maximum Gasteiger partial charge on any atom is 0.247 e. The van der Waals surface area contributed by atoms with Gasteiger partial charge in [-0.25, -0.2) is 8.42 Å². The Bertz CT molecular complexity index is 908. The van der Waals surface area contributed by atoms with Crippen LogP contribution in [0.4, 0.5) is 11.4 Å². The van der Waals surface area contributed by atoms with E-state index in [1.54, 1.807) is 19.1 Å². The Morgan fingerprint density at radius 2 is 1.81 bits per heavy atom. The van der Waals surface area contributed by atoms with Gasteiger partial charge in [0.15, 0.2) is 0 Å². The number of benzene rings is 2. The van der Waals surface area contributed by atoms with Crippen molar-refractivity contribution in [2.45, 2.75) is 33.2 Å². The van der Waals surface area contributed by atoms with E-state index in [2.05, 4.69) is 12.2 Å². The molecule has 2 rings (SSSR count). The molecular weight excluding hydrogens is 364 g/mol. The molecule has 0 radical (unpaired) electrons. The van der Waals surface area contributed by atoms with E-state index in [-0.39, 0.29) is 0 Å². The van der Waals surface area contributed by atoms with Gasteiger partial charge in [0.2, 0.25) is 15.9 Å². The van der Waals surface area contributed by atoms with Crippen LogP contribution in [0.1, 0.15) is 25.0 Å². The smallest absolute Gasteiger partial charge is 0.247 e. The molecule has 2 aromatic rings. The minimum absolute atomic E-state index is 0.337. The summed E-state index contributed by atoms with van der Waals surface area (Å²) in [6.45, 7) is 5.46. The topological polar surface area (TPSA) is 75.7 Å². The number of nitrogens with one attached hydrogen (secondary N) is 1. The second-order valence-corrected chi connectivity index (χ2v) is 8.31. The zero-order valence-electron chi connectivity index (χ0n) is 16.3. The van der Waals surface area contributed by atoms with Crippen LogP contribution in [0.2, 0.25) is 0 Å². The summed E-state index contributed by atoms with van der Waals surface area (Å²) < 4.78 is 31.4. The molecule has 0 heterocycles. The quantitative estimate of drug-likeness (QED) is 0.787. The molecule has 1 N–H and O–H groups in total. The van der Waals surface area contributed by atoms with Gasteiger partial charge in [-0.05, 0) is 55.7 Å². The van der Waals surface area contributed by atoms with E-state index in [1.807, 2.05) is 37.3 Å². The SMILES string of the molecule is CCc1ccc(NC(=O)C(C)N(c2cc(C)ccc2OC)S(C)(=O)=O)cc1. The van der Waals surface area contributed by atoms with Crippen molar-refractivity contribution in [3.8, 4) is 5.75 Å². The fourth-order valence-electron chi connectivity index (χ4n) is 2.82. The van der Waals surface area contributed by atoms with E-state index in [1.165, 1.54) is 7.11 Å². The van der Waals surface area contributed by atoms with E-state index < -0.39 is 22.0 Å². The predicted molar refractivity (Wildman–Crippen MR) is 109 cm³/mol. The zero-order valence-corrected chi connectivity index (χ0v) is 17.1. The average molecular weight is 391 g/mol. The number of rotatable bonds is 7. The molecule has 1 atom stereocenters. The number of carbonyl (C=O) groups excluding carboxylic acids is 1. The van der Waals surface area contributed by atoms with E-state index >= 15 is 0 Å². The Morgan fingerprint density at radius 3 is 2.33 bits per heavy atom. The van der Waals surface area contributed by atoms with Gasteiger partial charge in [-0.15, -0.1) is 0 Å². The monoisotopic (exact) mass is 390 g/mol. The molecule has 0 bridgehead atoms. The number of hydrogen-bond donors (Lipinski definition) is 1. The summed E-state index contributed by atoms with van der Waals surface area (Å²) in [4.78, 5) is 12.8. The third kappa shape index (κ3) is 5.01. The number of amides is 1. The Hall–Kier alpha value is -2.54. The Kier molecular flexibility index (Phi) is 6.49. The maximum atomic E-state index is 12.8. The van der Waals surface area contributed by atoms with Gasteiger partial charge in [-0.3, -0.25) is 9.10 Å². The number of anilines is 2. The van der Waals surface area contributed by atoms with Crippen molar-refractivity contribution in [1.82, 2.24) is 0 Å². The van der Waals surface area contributed by atoms with Crippen LogP contribution in [0.5, 0.6) is 5.75 Å². The summed E-state index contributed by atoms with van der Waals surface area (Å²) in [7, 11) is -2.26. The minimum atomic E-state index is -3.72. The second-order valence-electron chi connectivity index (χ2n) is 6.45. The molecule has 2 aromatic carbocycles. The van der Waals surface area contributed by atoms with Gasteiger partial charge in [-0.1, -0.05) is 25.1 Å². The molecule has 0 saturated carbocycles. The lowest BCUT2D eigenvalue weighted by atomic mass is 10.1. The van der Waals surface area contributed by atoms with E-state index in [0.29, 0.717) is 17.1 Å². The second kappa shape index (κ2) is 8.43. The third-order valence-electron chi connectivity index (χ3n) is 4.29. The van der Waals surface area contributed by atoms with Crippen molar-refractivity contribution < 1.29 is 17.9 Å². The summed E-state index contributed by atoms with van der Waals surface area (Å²) in [6, 6.07) is 11.7. The average Bonchev–Trinajstić information content (AvgIpc) is 2.61. The molecule has 0 fully saturated rings. The summed E-state index contributed by atoms with van der Waals surface area (Å²) >= 11 is 0. The highest BCUT2D eigenvalue weighted by molar-refractivity contribution is 7.92. The Morgan fingerprint density at radius 1 is 1.19 bits per heavy atom. The Labute approximate surface area is 161 Å². The van der Waals surface area contributed by atoms with Crippen LogP contribution in [0.25, 0.3) is 0 Å². The molecule has 0 aliphatic heterocycles. The van der Waals surface area contributed by atoms with Crippen LogP contribution >= 0.6 is 0 Å². The Balaban J connectivity index is 2.36. The highest BCUT2D eigenvalue weighted by atomic mass is 32.2. The number of nitrogens with zero attached hydrogens (tertiary/aromatic N) is 1. The maximum absolute atomic E-state index is 12.8. The van der Waals surface area contributed by atoms with Gasteiger partial charge < -0.3 is 10.1 Å². The molecule has 1 amide bonds. The lowest BCUT2D eigenvalue weighted by Gasteiger charge is -2.29. The van der Waals surface area contributed by atoms with Crippen molar-refractivity contribution in [2.75, 3.05) is 23.0 Å².